The van der Waals surface area contributed by atoms with Crippen molar-refractivity contribution in [2.24, 2.45) is 10.2 Å². The van der Waals surface area contributed by atoms with E-state index in [2.05, 4.69) is 22.4 Å². The lowest BCUT2D eigenvalue weighted by atomic mass is 9.95. The molecule has 0 atom stereocenters. The molecule has 0 aliphatic rings. The van der Waals surface area contributed by atoms with Gasteiger partial charge in [-0.1, -0.05) is 27.7 Å². The van der Waals surface area contributed by atoms with Crippen molar-refractivity contribution in [2.45, 2.75) is 64.5 Å². The number of rotatable bonds is 6. The summed E-state index contributed by atoms with van der Waals surface area (Å²) in [5.41, 5.74) is -1.51. The molecule has 4 heteroatoms. The summed E-state index contributed by atoms with van der Waals surface area (Å²) >= 11 is 0. The molecule has 0 heterocycles. The number of azo groups is 1. The molecule has 0 aliphatic heterocycles. The van der Waals surface area contributed by atoms with Crippen molar-refractivity contribution in [1.82, 2.24) is 0 Å². The van der Waals surface area contributed by atoms with Crippen molar-refractivity contribution in [3.05, 3.63) is 0 Å². The minimum atomic E-state index is -0.757. The first kappa shape index (κ1) is 14.6. The van der Waals surface area contributed by atoms with Gasteiger partial charge in [-0.05, 0) is 25.7 Å². The zero-order chi connectivity index (χ0) is 12.7. The molecule has 0 aliphatic carbocycles. The van der Waals surface area contributed by atoms with Crippen molar-refractivity contribution in [2.75, 3.05) is 0 Å². The van der Waals surface area contributed by atoms with Crippen LogP contribution in [0.3, 0.4) is 0 Å². The van der Waals surface area contributed by atoms with Gasteiger partial charge in [0.1, 0.15) is 0 Å². The van der Waals surface area contributed by atoms with Crippen LogP contribution in [0.25, 0.3) is 0 Å². The van der Waals surface area contributed by atoms with Crippen LogP contribution in [0.1, 0.15) is 53.4 Å². The van der Waals surface area contributed by atoms with Gasteiger partial charge in [0.2, 0.25) is 0 Å². The Morgan fingerprint density at radius 2 is 1.00 bits per heavy atom. The largest absolute Gasteiger partial charge is 0.196 e. The van der Waals surface area contributed by atoms with Crippen LogP contribution < -0.4 is 0 Å². The maximum atomic E-state index is 9.10. The maximum Gasteiger partial charge on any atom is 0.167 e. The summed E-state index contributed by atoms with van der Waals surface area (Å²) in [6.45, 7) is 7.66. The summed E-state index contributed by atoms with van der Waals surface area (Å²) in [5, 5.41) is 26.5. The molecule has 0 bridgehead atoms. The number of hydrogen-bond donors (Lipinski definition) is 0. The molecule has 4 nitrogen and oxygen atoms in total. The van der Waals surface area contributed by atoms with Crippen LogP contribution in [0.15, 0.2) is 10.2 Å². The maximum absolute atomic E-state index is 9.10. The summed E-state index contributed by atoms with van der Waals surface area (Å²) in [7, 11) is 0. The standard InChI is InChI=1S/C12H20N4/c1-5-11(6-2,9-13)15-16-12(7-3,8-4)10-14/h5-8H2,1-4H3/b16-15+. The number of nitrogens with zero attached hydrogens (tertiary/aromatic N) is 4. The molecule has 0 aromatic heterocycles. The SMILES string of the molecule is CCC(C#N)(CC)/N=N/C(C#N)(CC)CC. The second-order valence-electron chi connectivity index (χ2n) is 3.90. The van der Waals surface area contributed by atoms with Gasteiger partial charge in [0.05, 0.1) is 12.1 Å². The first-order valence-electron chi connectivity index (χ1n) is 5.84. The van der Waals surface area contributed by atoms with E-state index in [-0.39, 0.29) is 0 Å². The van der Waals surface area contributed by atoms with E-state index in [0.717, 1.165) is 0 Å². The van der Waals surface area contributed by atoms with Crippen LogP contribution in [0.5, 0.6) is 0 Å². The molecule has 0 aromatic carbocycles. The molecule has 0 amide bonds. The van der Waals surface area contributed by atoms with Gasteiger partial charge in [-0.15, -0.1) is 0 Å². The van der Waals surface area contributed by atoms with Gasteiger partial charge in [-0.2, -0.15) is 20.8 Å². The zero-order valence-electron chi connectivity index (χ0n) is 10.6. The van der Waals surface area contributed by atoms with E-state index >= 15 is 0 Å². The highest BCUT2D eigenvalue weighted by Gasteiger charge is 2.30. The number of hydrogen-bond acceptors (Lipinski definition) is 4. The smallest absolute Gasteiger partial charge is 0.167 e. The fourth-order valence-corrected chi connectivity index (χ4v) is 1.34. The fraction of sp³-hybridized carbons (Fsp3) is 0.833. The van der Waals surface area contributed by atoms with Crippen molar-refractivity contribution in [1.29, 1.82) is 10.5 Å². The fourth-order valence-electron chi connectivity index (χ4n) is 1.34. The Hall–Kier alpha value is -1.42. The molecule has 0 aromatic rings. The highest BCUT2D eigenvalue weighted by molar-refractivity contribution is 5.09. The molecule has 0 rings (SSSR count). The summed E-state index contributed by atoms with van der Waals surface area (Å²) < 4.78 is 0. The Morgan fingerprint density at radius 1 is 0.750 bits per heavy atom. The second-order valence-corrected chi connectivity index (χ2v) is 3.90. The topological polar surface area (TPSA) is 72.3 Å². The lowest BCUT2D eigenvalue weighted by Crippen LogP contribution is -2.26. The molecular formula is C12H20N4. The van der Waals surface area contributed by atoms with E-state index in [1.165, 1.54) is 0 Å². The van der Waals surface area contributed by atoms with Gasteiger partial charge in [0.25, 0.3) is 0 Å². The lowest BCUT2D eigenvalue weighted by molar-refractivity contribution is 0.415. The number of nitriles is 2. The highest BCUT2D eigenvalue weighted by atomic mass is 15.2. The Labute approximate surface area is 98.0 Å². The third-order valence-electron chi connectivity index (χ3n) is 3.19. The molecule has 0 fully saturated rings. The van der Waals surface area contributed by atoms with Gasteiger partial charge < -0.3 is 0 Å². The van der Waals surface area contributed by atoms with Crippen LogP contribution >= 0.6 is 0 Å². The van der Waals surface area contributed by atoms with Gasteiger partial charge in [0, 0.05) is 0 Å². The van der Waals surface area contributed by atoms with E-state index in [0.29, 0.717) is 25.7 Å². The van der Waals surface area contributed by atoms with E-state index < -0.39 is 11.1 Å². The molecule has 0 radical (unpaired) electrons. The Bertz CT molecular complexity index is 279. The molecule has 88 valence electrons. The third-order valence-corrected chi connectivity index (χ3v) is 3.19. The van der Waals surface area contributed by atoms with Crippen LogP contribution in [-0.2, 0) is 0 Å². The van der Waals surface area contributed by atoms with Crippen molar-refractivity contribution in [3.63, 3.8) is 0 Å². The Balaban J connectivity index is 5.08. The van der Waals surface area contributed by atoms with Crippen LogP contribution in [-0.4, -0.2) is 11.1 Å². The van der Waals surface area contributed by atoms with Crippen LogP contribution in [0, 0.1) is 22.7 Å². The predicted octanol–water partition coefficient (Wildman–Crippen LogP) is 3.60. The summed E-state index contributed by atoms with van der Waals surface area (Å²) in [6.07, 6.45) is 2.49. The summed E-state index contributed by atoms with van der Waals surface area (Å²) in [6, 6.07) is 4.38. The van der Waals surface area contributed by atoms with Crippen molar-refractivity contribution >= 4 is 0 Å². The average molecular weight is 220 g/mol. The van der Waals surface area contributed by atoms with E-state index in [4.69, 9.17) is 10.5 Å². The zero-order valence-corrected chi connectivity index (χ0v) is 10.6. The highest BCUT2D eigenvalue weighted by Crippen LogP contribution is 2.25. The predicted molar refractivity (Wildman–Crippen MR) is 62.7 cm³/mol. The summed E-state index contributed by atoms with van der Waals surface area (Å²) in [5.74, 6) is 0. The Kier molecular flexibility index (Phi) is 5.67. The van der Waals surface area contributed by atoms with Crippen LogP contribution in [0.4, 0.5) is 0 Å². The van der Waals surface area contributed by atoms with Crippen molar-refractivity contribution < 1.29 is 0 Å². The van der Waals surface area contributed by atoms with Crippen molar-refractivity contribution in [3.8, 4) is 12.1 Å². The van der Waals surface area contributed by atoms with Gasteiger partial charge in [-0.25, -0.2) is 0 Å². The summed E-state index contributed by atoms with van der Waals surface area (Å²) in [4.78, 5) is 0. The first-order valence-corrected chi connectivity index (χ1v) is 5.84. The molecule has 0 N–H and O–H groups in total. The minimum absolute atomic E-state index is 0.623. The monoisotopic (exact) mass is 220 g/mol. The van der Waals surface area contributed by atoms with E-state index in [1.54, 1.807) is 0 Å². The normalized spacial score (nSPS) is 12.4. The Morgan fingerprint density at radius 3 is 1.12 bits per heavy atom. The quantitative estimate of drug-likeness (QED) is 0.641. The molecule has 0 unspecified atom stereocenters. The molecule has 0 spiro atoms. The average Bonchev–Trinajstić information content (AvgIpc) is 2.37. The van der Waals surface area contributed by atoms with E-state index in [9.17, 15) is 0 Å². The second kappa shape index (κ2) is 6.23. The van der Waals surface area contributed by atoms with E-state index in [1.807, 2.05) is 27.7 Å². The minimum Gasteiger partial charge on any atom is -0.196 e. The van der Waals surface area contributed by atoms with Gasteiger partial charge >= 0.3 is 0 Å². The molecule has 0 saturated heterocycles. The van der Waals surface area contributed by atoms with Gasteiger partial charge in [0.15, 0.2) is 11.1 Å². The lowest BCUT2D eigenvalue weighted by Gasteiger charge is -2.21. The third kappa shape index (κ3) is 3.03. The first-order chi connectivity index (χ1) is 7.57. The molecular weight excluding hydrogens is 200 g/mol. The van der Waals surface area contributed by atoms with Gasteiger partial charge in [-0.3, -0.25) is 0 Å². The van der Waals surface area contributed by atoms with Crippen LogP contribution in [0.2, 0.25) is 0 Å². The molecule has 16 heavy (non-hydrogen) atoms. The molecule has 0 saturated carbocycles.